The molecule has 2 aromatic rings. The molecule has 82 valence electrons. The van der Waals surface area contributed by atoms with Crippen molar-refractivity contribution < 1.29 is 4.79 Å². The van der Waals surface area contributed by atoms with Gasteiger partial charge in [0.25, 0.3) is 0 Å². The number of nitrogens with one attached hydrogen (secondary N) is 2. The number of hydrazine groups is 1. The Labute approximate surface area is 92.8 Å². The van der Waals surface area contributed by atoms with Crippen molar-refractivity contribution in [3.8, 4) is 0 Å². The molecule has 5 nitrogen and oxygen atoms in total. The number of anilines is 1. The maximum atomic E-state index is 10.1. The van der Waals surface area contributed by atoms with Gasteiger partial charge in [0.15, 0.2) is 5.82 Å². The van der Waals surface area contributed by atoms with Crippen molar-refractivity contribution in [2.75, 3.05) is 12.0 Å². The molecule has 2 rings (SSSR count). The van der Waals surface area contributed by atoms with E-state index in [4.69, 9.17) is 0 Å². The van der Waals surface area contributed by atoms with Crippen molar-refractivity contribution in [2.45, 2.75) is 6.42 Å². The lowest BCUT2D eigenvalue weighted by molar-refractivity contribution is -0.107. The number of rotatable bonds is 5. The number of aromatic nitrogens is 2. The molecular weight excluding hydrogens is 204 g/mol. The smallest absolute Gasteiger partial charge is 0.170 e. The van der Waals surface area contributed by atoms with E-state index in [0.717, 1.165) is 17.1 Å². The van der Waals surface area contributed by atoms with Gasteiger partial charge in [-0.25, -0.2) is 5.43 Å². The highest BCUT2D eigenvalue weighted by atomic mass is 16.1. The first-order valence-electron chi connectivity index (χ1n) is 5.05. The zero-order valence-corrected chi connectivity index (χ0v) is 8.68. The molecule has 0 aliphatic heterocycles. The van der Waals surface area contributed by atoms with Crippen LogP contribution < -0.4 is 10.9 Å². The number of hydrogen-bond acceptors (Lipinski definition) is 5. The number of carbonyl (C=O) groups is 1. The minimum atomic E-state index is 0.463. The number of hydrogen-bond donors (Lipinski definition) is 2. The molecule has 0 bridgehead atoms. The normalized spacial score (nSPS) is 10.2. The fourth-order valence-electron chi connectivity index (χ4n) is 1.40. The van der Waals surface area contributed by atoms with E-state index in [1.807, 2.05) is 24.3 Å². The topological polar surface area (TPSA) is 66.9 Å². The van der Waals surface area contributed by atoms with Crippen molar-refractivity contribution in [3.05, 3.63) is 30.5 Å². The summed E-state index contributed by atoms with van der Waals surface area (Å²) in [6.07, 6.45) is 3.04. The standard InChI is InChI=1S/C11H12N4O/c16-7-3-6-12-14-11-10-5-2-1-4-9(10)8-13-15-11/h1-2,4-5,7-8,12H,3,6H2,(H,14,15). The van der Waals surface area contributed by atoms with Gasteiger partial charge in [0, 0.05) is 23.7 Å². The van der Waals surface area contributed by atoms with E-state index < -0.39 is 0 Å². The van der Waals surface area contributed by atoms with Crippen molar-refractivity contribution in [3.63, 3.8) is 0 Å². The monoisotopic (exact) mass is 216 g/mol. The maximum Gasteiger partial charge on any atom is 0.170 e. The van der Waals surface area contributed by atoms with E-state index in [2.05, 4.69) is 21.0 Å². The van der Waals surface area contributed by atoms with E-state index in [1.165, 1.54) is 0 Å². The molecular formula is C11H12N4O. The lowest BCUT2D eigenvalue weighted by atomic mass is 10.2. The molecule has 1 heterocycles. The van der Waals surface area contributed by atoms with Crippen LogP contribution in [0.2, 0.25) is 0 Å². The van der Waals surface area contributed by atoms with Crippen LogP contribution in [-0.2, 0) is 4.79 Å². The fourth-order valence-corrected chi connectivity index (χ4v) is 1.40. The molecule has 0 spiro atoms. The summed E-state index contributed by atoms with van der Waals surface area (Å²) in [5.74, 6) is 0.670. The first kappa shape index (κ1) is 10.5. The van der Waals surface area contributed by atoms with E-state index in [-0.39, 0.29) is 0 Å². The molecule has 5 heteroatoms. The molecule has 0 saturated heterocycles. The number of nitrogens with zero attached hydrogens (tertiary/aromatic N) is 2. The van der Waals surface area contributed by atoms with Gasteiger partial charge in [-0.1, -0.05) is 24.3 Å². The van der Waals surface area contributed by atoms with Crippen molar-refractivity contribution in [2.24, 2.45) is 0 Å². The highest BCUT2D eigenvalue weighted by molar-refractivity contribution is 5.90. The summed E-state index contributed by atoms with van der Waals surface area (Å²) in [5.41, 5.74) is 5.85. The van der Waals surface area contributed by atoms with Crippen molar-refractivity contribution >= 4 is 22.9 Å². The van der Waals surface area contributed by atoms with E-state index in [9.17, 15) is 4.79 Å². The second kappa shape index (κ2) is 5.18. The zero-order valence-electron chi connectivity index (χ0n) is 8.68. The Morgan fingerprint density at radius 2 is 2.19 bits per heavy atom. The summed E-state index contributed by atoms with van der Waals surface area (Å²) >= 11 is 0. The van der Waals surface area contributed by atoms with Crippen molar-refractivity contribution in [1.82, 2.24) is 15.6 Å². The van der Waals surface area contributed by atoms with Gasteiger partial charge >= 0.3 is 0 Å². The second-order valence-corrected chi connectivity index (χ2v) is 3.29. The Morgan fingerprint density at radius 1 is 1.31 bits per heavy atom. The van der Waals surface area contributed by atoms with Gasteiger partial charge in [-0.05, 0) is 0 Å². The molecule has 0 saturated carbocycles. The lowest BCUT2D eigenvalue weighted by Gasteiger charge is -2.07. The third-order valence-corrected chi connectivity index (χ3v) is 2.16. The average Bonchev–Trinajstić information content (AvgIpc) is 2.35. The number of carbonyl (C=O) groups excluding carboxylic acids is 1. The summed E-state index contributed by atoms with van der Waals surface area (Å²) in [5, 5.41) is 9.90. The quantitative estimate of drug-likeness (QED) is 0.445. The third kappa shape index (κ3) is 2.32. The SMILES string of the molecule is O=CCCNNc1nncc2ccccc12. The van der Waals surface area contributed by atoms with E-state index >= 15 is 0 Å². The van der Waals surface area contributed by atoms with Crippen LogP contribution in [0, 0.1) is 0 Å². The molecule has 1 aromatic heterocycles. The Bertz CT molecular complexity index is 481. The fraction of sp³-hybridized carbons (Fsp3) is 0.182. The van der Waals surface area contributed by atoms with Gasteiger partial charge in [-0.2, -0.15) is 5.10 Å². The molecule has 1 aromatic carbocycles. The summed E-state index contributed by atoms with van der Waals surface area (Å²) in [4.78, 5) is 10.1. The largest absolute Gasteiger partial charge is 0.304 e. The minimum absolute atomic E-state index is 0.463. The molecule has 0 atom stereocenters. The Balaban J connectivity index is 2.14. The predicted molar refractivity (Wildman–Crippen MR) is 61.8 cm³/mol. The summed E-state index contributed by atoms with van der Waals surface area (Å²) in [7, 11) is 0. The lowest BCUT2D eigenvalue weighted by Crippen LogP contribution is -2.23. The first-order chi connectivity index (χ1) is 7.92. The van der Waals surface area contributed by atoms with Gasteiger partial charge < -0.3 is 10.2 Å². The molecule has 0 aliphatic rings. The van der Waals surface area contributed by atoms with Crippen molar-refractivity contribution in [1.29, 1.82) is 0 Å². The first-order valence-corrected chi connectivity index (χ1v) is 5.05. The van der Waals surface area contributed by atoms with Crippen LogP contribution in [0.5, 0.6) is 0 Å². The molecule has 0 amide bonds. The summed E-state index contributed by atoms with van der Waals surface area (Å²) in [6.45, 7) is 0.564. The van der Waals surface area contributed by atoms with Gasteiger partial charge in [-0.3, -0.25) is 0 Å². The molecule has 2 N–H and O–H groups in total. The van der Waals surface area contributed by atoms with E-state index in [0.29, 0.717) is 18.8 Å². The number of aldehydes is 1. The van der Waals surface area contributed by atoms with Gasteiger partial charge in [0.1, 0.15) is 6.29 Å². The Hall–Kier alpha value is -2.01. The van der Waals surface area contributed by atoms with Crippen LogP contribution in [0.1, 0.15) is 6.42 Å². The highest BCUT2D eigenvalue weighted by Gasteiger charge is 2.00. The zero-order chi connectivity index (χ0) is 11.2. The van der Waals surface area contributed by atoms with E-state index in [1.54, 1.807) is 6.20 Å². The predicted octanol–water partition coefficient (Wildman–Crippen LogP) is 1.14. The maximum absolute atomic E-state index is 10.1. The van der Waals surface area contributed by atoms with Gasteiger partial charge in [-0.15, -0.1) is 5.10 Å². The number of benzene rings is 1. The molecule has 0 unspecified atom stereocenters. The molecule has 16 heavy (non-hydrogen) atoms. The summed E-state index contributed by atoms with van der Waals surface area (Å²) < 4.78 is 0. The van der Waals surface area contributed by atoms with Crippen LogP contribution in [0.4, 0.5) is 5.82 Å². The molecule has 0 aliphatic carbocycles. The summed E-state index contributed by atoms with van der Waals surface area (Å²) in [6, 6.07) is 7.84. The highest BCUT2D eigenvalue weighted by Crippen LogP contribution is 2.18. The van der Waals surface area contributed by atoms with Crippen LogP contribution in [0.3, 0.4) is 0 Å². The van der Waals surface area contributed by atoms with Crippen LogP contribution >= 0.6 is 0 Å². The Kier molecular flexibility index (Phi) is 3.40. The number of fused-ring (bicyclic) bond motifs is 1. The van der Waals surface area contributed by atoms with Crippen LogP contribution in [0.25, 0.3) is 10.8 Å². The molecule has 0 radical (unpaired) electrons. The minimum Gasteiger partial charge on any atom is -0.304 e. The second-order valence-electron chi connectivity index (χ2n) is 3.29. The average molecular weight is 216 g/mol. The Morgan fingerprint density at radius 3 is 3.06 bits per heavy atom. The third-order valence-electron chi connectivity index (χ3n) is 2.16. The molecule has 0 fully saturated rings. The van der Waals surface area contributed by atoms with Crippen LogP contribution in [-0.4, -0.2) is 23.0 Å². The van der Waals surface area contributed by atoms with Gasteiger partial charge in [0.2, 0.25) is 0 Å². The van der Waals surface area contributed by atoms with Crippen LogP contribution in [0.15, 0.2) is 30.5 Å². The van der Waals surface area contributed by atoms with Gasteiger partial charge in [0.05, 0.1) is 6.20 Å².